The molecule has 0 aromatic heterocycles. The first-order valence-electron chi connectivity index (χ1n) is 7.17. The van der Waals surface area contributed by atoms with Crippen LogP contribution in [0, 0.1) is 5.41 Å². The first-order chi connectivity index (χ1) is 10.7. The Morgan fingerprint density at radius 2 is 1.42 bits per heavy atom. The highest BCUT2D eigenvalue weighted by Crippen LogP contribution is 2.35. The van der Waals surface area contributed by atoms with Gasteiger partial charge in [0.1, 0.15) is 6.61 Å². The maximum absolute atomic E-state index is 12.2. The van der Waals surface area contributed by atoms with Crippen molar-refractivity contribution in [3.05, 3.63) is 0 Å². The molecule has 0 heterocycles. The molecule has 0 aromatic rings. The third-order valence-corrected chi connectivity index (χ3v) is 3.38. The molecule has 24 heavy (non-hydrogen) atoms. The number of ether oxygens (including phenoxy) is 2. The minimum atomic E-state index is -5.77. The summed E-state index contributed by atoms with van der Waals surface area (Å²) in [5.74, 6) is -2.44. The van der Waals surface area contributed by atoms with Gasteiger partial charge in [-0.3, -0.25) is 9.59 Å². The van der Waals surface area contributed by atoms with Crippen molar-refractivity contribution in [3.8, 4) is 0 Å². The van der Waals surface area contributed by atoms with Crippen molar-refractivity contribution in [3.63, 3.8) is 0 Å². The van der Waals surface area contributed by atoms with Crippen molar-refractivity contribution in [1.29, 1.82) is 0 Å². The SMILES string of the molecule is CCC(C)(C)CCC(=O)OCCC(=O)OC(C(F)(F)F)C(F)(F)F. The number of halogens is 6. The van der Waals surface area contributed by atoms with Crippen molar-refractivity contribution in [2.75, 3.05) is 6.61 Å². The molecule has 142 valence electrons. The summed E-state index contributed by atoms with van der Waals surface area (Å²) in [7, 11) is 0. The van der Waals surface area contributed by atoms with E-state index in [4.69, 9.17) is 0 Å². The second-order valence-corrected chi connectivity index (χ2v) is 5.94. The van der Waals surface area contributed by atoms with Crippen LogP contribution in [0.1, 0.15) is 46.5 Å². The fraction of sp³-hybridized carbons (Fsp3) is 0.857. The van der Waals surface area contributed by atoms with Crippen molar-refractivity contribution < 1.29 is 45.4 Å². The summed E-state index contributed by atoms with van der Waals surface area (Å²) >= 11 is 0. The fourth-order valence-electron chi connectivity index (χ4n) is 1.45. The van der Waals surface area contributed by atoms with Crippen LogP contribution in [-0.4, -0.2) is 37.0 Å². The molecule has 0 unspecified atom stereocenters. The average molecular weight is 366 g/mol. The van der Waals surface area contributed by atoms with E-state index in [1.165, 1.54) is 0 Å². The molecule has 0 amide bonds. The van der Waals surface area contributed by atoms with Crippen LogP contribution in [0.5, 0.6) is 0 Å². The van der Waals surface area contributed by atoms with Gasteiger partial charge in [-0.15, -0.1) is 0 Å². The lowest BCUT2D eigenvalue weighted by atomic mass is 9.85. The van der Waals surface area contributed by atoms with E-state index < -0.39 is 43.4 Å². The van der Waals surface area contributed by atoms with Gasteiger partial charge in [0.2, 0.25) is 0 Å². The van der Waals surface area contributed by atoms with Crippen LogP contribution in [0.3, 0.4) is 0 Å². The molecule has 0 atom stereocenters. The molecule has 0 saturated heterocycles. The molecule has 0 saturated carbocycles. The van der Waals surface area contributed by atoms with Gasteiger partial charge in [0, 0.05) is 6.42 Å². The summed E-state index contributed by atoms with van der Waals surface area (Å²) in [6.45, 7) is 5.13. The Balaban J connectivity index is 4.29. The van der Waals surface area contributed by atoms with Gasteiger partial charge in [0.15, 0.2) is 0 Å². The van der Waals surface area contributed by atoms with Crippen LogP contribution in [0.4, 0.5) is 26.3 Å². The first kappa shape index (κ1) is 22.5. The number of alkyl halides is 6. The van der Waals surface area contributed by atoms with Gasteiger partial charge in [0.25, 0.3) is 6.10 Å². The van der Waals surface area contributed by atoms with Crippen LogP contribution in [0.15, 0.2) is 0 Å². The van der Waals surface area contributed by atoms with Gasteiger partial charge in [-0.1, -0.05) is 27.2 Å². The molecular weight excluding hydrogens is 346 g/mol. The van der Waals surface area contributed by atoms with Gasteiger partial charge in [0.05, 0.1) is 6.42 Å². The summed E-state index contributed by atoms with van der Waals surface area (Å²) in [5, 5.41) is 0. The number of rotatable bonds is 8. The zero-order valence-corrected chi connectivity index (χ0v) is 13.5. The third kappa shape index (κ3) is 8.97. The van der Waals surface area contributed by atoms with Crippen molar-refractivity contribution in [1.82, 2.24) is 0 Å². The Morgan fingerprint density at radius 1 is 0.917 bits per heavy atom. The lowest BCUT2D eigenvalue weighted by molar-refractivity contribution is -0.313. The van der Waals surface area contributed by atoms with Crippen LogP contribution < -0.4 is 0 Å². The van der Waals surface area contributed by atoms with Crippen molar-refractivity contribution in [2.45, 2.75) is 64.9 Å². The second kappa shape index (κ2) is 8.57. The van der Waals surface area contributed by atoms with Crippen LogP contribution >= 0.6 is 0 Å². The van der Waals surface area contributed by atoms with E-state index >= 15 is 0 Å². The highest BCUT2D eigenvalue weighted by molar-refractivity contribution is 5.72. The topological polar surface area (TPSA) is 52.6 Å². The molecule has 0 aromatic carbocycles. The van der Waals surface area contributed by atoms with E-state index in [0.29, 0.717) is 6.42 Å². The van der Waals surface area contributed by atoms with Crippen LogP contribution in [0.25, 0.3) is 0 Å². The van der Waals surface area contributed by atoms with E-state index in [0.717, 1.165) is 6.42 Å². The predicted molar refractivity (Wildman–Crippen MR) is 70.9 cm³/mol. The van der Waals surface area contributed by atoms with E-state index in [2.05, 4.69) is 9.47 Å². The summed E-state index contributed by atoms with van der Waals surface area (Å²) in [5.41, 5.74) is -0.107. The molecular formula is C14H20F6O4. The summed E-state index contributed by atoms with van der Waals surface area (Å²) < 4.78 is 81.2. The number of carbonyl (C=O) groups excluding carboxylic acids is 2. The predicted octanol–water partition coefficient (Wildman–Crippen LogP) is 4.17. The van der Waals surface area contributed by atoms with Gasteiger partial charge in [-0.2, -0.15) is 26.3 Å². The molecule has 0 aliphatic heterocycles. The highest BCUT2D eigenvalue weighted by Gasteiger charge is 2.59. The minimum Gasteiger partial charge on any atom is -0.465 e. The summed E-state index contributed by atoms with van der Waals surface area (Å²) in [6.07, 6.45) is -15.3. The van der Waals surface area contributed by atoms with E-state index in [1.54, 1.807) is 0 Å². The van der Waals surface area contributed by atoms with E-state index in [1.807, 2.05) is 20.8 Å². The normalized spacial score (nSPS) is 13.1. The van der Waals surface area contributed by atoms with Crippen LogP contribution in [0.2, 0.25) is 0 Å². The average Bonchev–Trinajstić information content (AvgIpc) is 2.40. The Morgan fingerprint density at radius 3 is 1.83 bits per heavy atom. The van der Waals surface area contributed by atoms with Crippen LogP contribution in [-0.2, 0) is 19.1 Å². The molecule has 0 radical (unpaired) electrons. The van der Waals surface area contributed by atoms with Gasteiger partial charge in [-0.25, -0.2) is 0 Å². The maximum Gasteiger partial charge on any atom is 0.434 e. The molecule has 0 bridgehead atoms. The fourth-order valence-corrected chi connectivity index (χ4v) is 1.45. The molecule has 0 aliphatic rings. The minimum absolute atomic E-state index is 0.0314. The maximum atomic E-state index is 12.2. The standard InChI is InChI=1S/C14H20F6O4/c1-4-12(2,3)7-5-9(21)23-8-6-10(22)24-11(13(15,16)17)14(18,19)20/h11H,4-8H2,1-3H3. The highest BCUT2D eigenvalue weighted by atomic mass is 19.4. The molecule has 0 fully saturated rings. The smallest absolute Gasteiger partial charge is 0.434 e. The monoisotopic (exact) mass is 366 g/mol. The number of carbonyl (C=O) groups is 2. The largest absolute Gasteiger partial charge is 0.465 e. The summed E-state index contributed by atoms with van der Waals surface area (Å²) in [6, 6.07) is 0. The third-order valence-electron chi connectivity index (χ3n) is 3.38. The lowest BCUT2D eigenvalue weighted by Gasteiger charge is -2.23. The van der Waals surface area contributed by atoms with E-state index in [-0.39, 0.29) is 11.8 Å². The van der Waals surface area contributed by atoms with Gasteiger partial charge in [-0.05, 0) is 11.8 Å². The zero-order chi connectivity index (χ0) is 19.2. The Hall–Kier alpha value is -1.48. The van der Waals surface area contributed by atoms with Gasteiger partial charge < -0.3 is 9.47 Å². The number of hydrogen-bond donors (Lipinski definition) is 0. The quantitative estimate of drug-likeness (QED) is 0.478. The molecule has 0 N–H and O–H groups in total. The summed E-state index contributed by atoms with van der Waals surface area (Å²) in [4.78, 5) is 22.5. The Bertz CT molecular complexity index is 414. The number of hydrogen-bond acceptors (Lipinski definition) is 4. The van der Waals surface area contributed by atoms with E-state index in [9.17, 15) is 35.9 Å². The lowest BCUT2D eigenvalue weighted by Crippen LogP contribution is -2.45. The molecule has 0 aliphatic carbocycles. The molecule has 10 heteroatoms. The van der Waals surface area contributed by atoms with Crippen molar-refractivity contribution in [2.24, 2.45) is 5.41 Å². The molecule has 0 rings (SSSR count). The first-order valence-corrected chi connectivity index (χ1v) is 7.17. The zero-order valence-electron chi connectivity index (χ0n) is 13.5. The van der Waals surface area contributed by atoms with Gasteiger partial charge >= 0.3 is 24.3 Å². The van der Waals surface area contributed by atoms with Crippen molar-refractivity contribution >= 4 is 11.9 Å². The Labute approximate surface area is 135 Å². The molecule has 4 nitrogen and oxygen atoms in total. The number of esters is 2. The molecule has 0 spiro atoms. The second-order valence-electron chi connectivity index (χ2n) is 5.94. The Kier molecular flexibility index (Phi) is 8.04.